The van der Waals surface area contributed by atoms with Gasteiger partial charge in [-0.15, -0.1) is 13.2 Å². The van der Waals surface area contributed by atoms with Crippen LogP contribution in [0.5, 0.6) is 5.75 Å². The van der Waals surface area contributed by atoms with E-state index in [0.717, 1.165) is 11.3 Å². The lowest BCUT2D eigenvalue weighted by Gasteiger charge is -2.20. The second kappa shape index (κ2) is 6.72. The van der Waals surface area contributed by atoms with Crippen LogP contribution in [0, 0.1) is 0 Å². The summed E-state index contributed by atoms with van der Waals surface area (Å²) in [5.74, 6) is 0.600. The smallest absolute Gasteiger partial charge is 0.406 e. The third kappa shape index (κ3) is 7.65. The van der Waals surface area contributed by atoms with Gasteiger partial charge in [-0.25, -0.2) is 0 Å². The molecule has 0 spiro atoms. The van der Waals surface area contributed by atoms with Crippen molar-refractivity contribution >= 4 is 11.8 Å². The van der Waals surface area contributed by atoms with Gasteiger partial charge in [0.1, 0.15) is 5.75 Å². The van der Waals surface area contributed by atoms with Gasteiger partial charge in [-0.3, -0.25) is 0 Å². The molecule has 0 aliphatic rings. The molecular weight excluding hydrogens is 287 g/mol. The average Bonchev–Trinajstić information content (AvgIpc) is 2.26. The molecule has 1 rings (SSSR count). The molecule has 1 aromatic carbocycles. The van der Waals surface area contributed by atoms with Crippen molar-refractivity contribution < 1.29 is 17.9 Å². The Morgan fingerprint density at radius 3 is 2.15 bits per heavy atom. The predicted octanol–water partition coefficient (Wildman–Crippen LogP) is 3.99. The van der Waals surface area contributed by atoms with Crippen molar-refractivity contribution in [2.75, 3.05) is 5.75 Å². The second-order valence-electron chi connectivity index (χ2n) is 5.58. The molecule has 2 nitrogen and oxygen atoms in total. The molecule has 0 fully saturated rings. The van der Waals surface area contributed by atoms with Crippen LogP contribution in [0.2, 0.25) is 0 Å². The van der Waals surface area contributed by atoms with E-state index >= 15 is 0 Å². The van der Waals surface area contributed by atoms with Gasteiger partial charge in [0.05, 0.1) is 0 Å². The fraction of sp³-hybridized carbons (Fsp3) is 0.571. The molecule has 2 N–H and O–H groups in total. The summed E-state index contributed by atoms with van der Waals surface area (Å²) in [5.41, 5.74) is 6.92. The molecule has 0 aromatic heterocycles. The largest absolute Gasteiger partial charge is 0.573 e. The van der Waals surface area contributed by atoms with Crippen molar-refractivity contribution in [2.45, 2.75) is 44.3 Å². The van der Waals surface area contributed by atoms with Gasteiger partial charge in [-0.2, -0.15) is 11.8 Å². The standard InChI is InChI=1S/C14H20F3NOS/c1-13(2,3)20-9-11(18)8-10-4-6-12(7-5-10)19-14(15,16)17/h4-7,11H,8-9,18H2,1-3H3. The number of alkyl halides is 3. The Morgan fingerprint density at radius 1 is 1.15 bits per heavy atom. The lowest BCUT2D eigenvalue weighted by molar-refractivity contribution is -0.274. The fourth-order valence-electron chi connectivity index (χ4n) is 1.55. The van der Waals surface area contributed by atoms with Crippen molar-refractivity contribution in [1.82, 2.24) is 0 Å². The molecule has 0 saturated heterocycles. The molecule has 0 heterocycles. The first-order valence-corrected chi connectivity index (χ1v) is 7.28. The highest BCUT2D eigenvalue weighted by Crippen LogP contribution is 2.25. The zero-order valence-corrected chi connectivity index (χ0v) is 12.6. The highest BCUT2D eigenvalue weighted by molar-refractivity contribution is 8.00. The lowest BCUT2D eigenvalue weighted by Crippen LogP contribution is -2.27. The van der Waals surface area contributed by atoms with E-state index in [0.29, 0.717) is 6.42 Å². The highest BCUT2D eigenvalue weighted by atomic mass is 32.2. The Bertz CT molecular complexity index is 412. The summed E-state index contributed by atoms with van der Waals surface area (Å²) < 4.78 is 40.0. The van der Waals surface area contributed by atoms with Crippen LogP contribution >= 0.6 is 11.8 Å². The summed E-state index contributed by atoms with van der Waals surface area (Å²) in [6.45, 7) is 6.36. The van der Waals surface area contributed by atoms with Crippen molar-refractivity contribution in [3.8, 4) is 5.75 Å². The summed E-state index contributed by atoms with van der Waals surface area (Å²) in [6.07, 6.45) is -4.02. The molecule has 0 aliphatic heterocycles. The minimum Gasteiger partial charge on any atom is -0.406 e. The molecule has 0 bridgehead atoms. The van der Waals surface area contributed by atoms with Gasteiger partial charge >= 0.3 is 6.36 Å². The van der Waals surface area contributed by atoms with E-state index in [1.165, 1.54) is 12.1 Å². The predicted molar refractivity (Wildman–Crippen MR) is 77.0 cm³/mol. The molecule has 1 aromatic rings. The number of halogens is 3. The summed E-state index contributed by atoms with van der Waals surface area (Å²) in [6, 6.07) is 5.83. The first-order chi connectivity index (χ1) is 9.05. The van der Waals surface area contributed by atoms with Crippen LogP contribution in [0.1, 0.15) is 26.3 Å². The molecule has 0 amide bonds. The molecule has 1 atom stereocenters. The summed E-state index contributed by atoms with van der Waals surface area (Å²) in [5, 5.41) is 0. The van der Waals surface area contributed by atoms with Gasteiger partial charge in [-0.1, -0.05) is 32.9 Å². The van der Waals surface area contributed by atoms with Gasteiger partial charge in [0.25, 0.3) is 0 Å². The minimum absolute atomic E-state index is 0.0198. The van der Waals surface area contributed by atoms with E-state index in [1.807, 2.05) is 0 Å². The summed E-state index contributed by atoms with van der Waals surface area (Å²) in [7, 11) is 0. The van der Waals surface area contributed by atoms with Crippen molar-refractivity contribution in [2.24, 2.45) is 5.73 Å². The maximum Gasteiger partial charge on any atom is 0.573 e. The number of nitrogens with two attached hydrogens (primary N) is 1. The molecule has 0 aliphatic carbocycles. The maximum atomic E-state index is 12.0. The van der Waals surface area contributed by atoms with Gasteiger partial charge in [0.2, 0.25) is 0 Å². The van der Waals surface area contributed by atoms with Crippen LogP contribution < -0.4 is 10.5 Å². The van der Waals surface area contributed by atoms with E-state index in [9.17, 15) is 13.2 Å². The fourth-order valence-corrected chi connectivity index (χ4v) is 2.38. The van der Waals surface area contributed by atoms with E-state index in [1.54, 1.807) is 23.9 Å². The molecule has 6 heteroatoms. The lowest BCUT2D eigenvalue weighted by atomic mass is 10.1. The van der Waals surface area contributed by atoms with Gasteiger partial charge in [0, 0.05) is 16.5 Å². The van der Waals surface area contributed by atoms with E-state index in [-0.39, 0.29) is 16.5 Å². The van der Waals surface area contributed by atoms with Crippen LogP contribution in [0.25, 0.3) is 0 Å². The van der Waals surface area contributed by atoms with Crippen molar-refractivity contribution in [1.29, 1.82) is 0 Å². The Kier molecular flexibility index (Phi) is 5.77. The van der Waals surface area contributed by atoms with Crippen LogP contribution in [-0.2, 0) is 6.42 Å². The number of hydrogen-bond donors (Lipinski definition) is 1. The first kappa shape index (κ1) is 17.2. The van der Waals surface area contributed by atoms with Crippen molar-refractivity contribution in [3.63, 3.8) is 0 Å². The molecule has 0 radical (unpaired) electrons. The first-order valence-electron chi connectivity index (χ1n) is 6.29. The molecule has 1 unspecified atom stereocenters. The topological polar surface area (TPSA) is 35.2 Å². The van der Waals surface area contributed by atoms with E-state index in [2.05, 4.69) is 25.5 Å². The number of hydrogen-bond acceptors (Lipinski definition) is 3. The Hall–Kier alpha value is -0.880. The summed E-state index contributed by atoms with van der Waals surface area (Å²) >= 11 is 1.77. The van der Waals surface area contributed by atoms with E-state index < -0.39 is 6.36 Å². The van der Waals surface area contributed by atoms with Crippen LogP contribution in [0.15, 0.2) is 24.3 Å². The monoisotopic (exact) mass is 307 g/mol. The van der Waals surface area contributed by atoms with Crippen LogP contribution in [-0.4, -0.2) is 22.9 Å². The zero-order chi connectivity index (χ0) is 15.4. The van der Waals surface area contributed by atoms with Gasteiger partial charge < -0.3 is 10.5 Å². The second-order valence-corrected chi connectivity index (χ2v) is 7.43. The highest BCUT2D eigenvalue weighted by Gasteiger charge is 2.30. The molecular formula is C14H20F3NOS. The number of benzene rings is 1. The molecule has 114 valence electrons. The number of ether oxygens (including phenoxy) is 1. The normalized spacial score (nSPS) is 14.2. The number of rotatable bonds is 5. The average molecular weight is 307 g/mol. The van der Waals surface area contributed by atoms with E-state index in [4.69, 9.17) is 5.73 Å². The Balaban J connectivity index is 2.49. The molecule has 20 heavy (non-hydrogen) atoms. The van der Waals surface area contributed by atoms with Gasteiger partial charge in [0.15, 0.2) is 0 Å². The Labute approximate surface area is 121 Å². The third-order valence-corrected chi connectivity index (χ3v) is 3.85. The SMILES string of the molecule is CC(C)(C)SCC(N)Cc1ccc(OC(F)(F)F)cc1. The van der Waals surface area contributed by atoms with Crippen molar-refractivity contribution in [3.05, 3.63) is 29.8 Å². The Morgan fingerprint density at radius 2 is 1.70 bits per heavy atom. The summed E-state index contributed by atoms with van der Waals surface area (Å²) in [4.78, 5) is 0. The quantitative estimate of drug-likeness (QED) is 0.893. The van der Waals surface area contributed by atoms with Crippen LogP contribution in [0.3, 0.4) is 0 Å². The number of thioether (sulfide) groups is 1. The van der Waals surface area contributed by atoms with Crippen LogP contribution in [0.4, 0.5) is 13.2 Å². The maximum absolute atomic E-state index is 12.0. The third-order valence-electron chi connectivity index (χ3n) is 2.39. The van der Waals surface area contributed by atoms with Gasteiger partial charge in [-0.05, 0) is 24.1 Å². The zero-order valence-electron chi connectivity index (χ0n) is 11.8. The minimum atomic E-state index is -4.65. The molecule has 0 saturated carbocycles.